The highest BCUT2D eigenvalue weighted by Crippen LogP contribution is 2.35. The maximum Gasteiger partial charge on any atom is 0.223 e. The molecule has 92 valence electrons. The molecule has 2 atom stereocenters. The Balaban J connectivity index is 2.05. The molecule has 0 radical (unpaired) electrons. The van der Waals surface area contributed by atoms with Crippen molar-refractivity contribution in [2.24, 2.45) is 11.3 Å². The summed E-state index contributed by atoms with van der Waals surface area (Å²) in [5, 5.41) is 3.10. The van der Waals surface area contributed by atoms with E-state index in [-0.39, 0.29) is 23.3 Å². The van der Waals surface area contributed by atoms with E-state index >= 15 is 0 Å². The summed E-state index contributed by atoms with van der Waals surface area (Å²) >= 11 is 0. The molecule has 1 amide bonds. The van der Waals surface area contributed by atoms with E-state index < -0.39 is 0 Å². The number of nitrogens with one attached hydrogen (secondary N) is 1. The van der Waals surface area contributed by atoms with Gasteiger partial charge in [-0.25, -0.2) is 0 Å². The molecule has 1 aliphatic heterocycles. The maximum absolute atomic E-state index is 11.9. The van der Waals surface area contributed by atoms with Crippen LogP contribution in [0.3, 0.4) is 0 Å². The summed E-state index contributed by atoms with van der Waals surface area (Å²) in [7, 11) is 0. The maximum atomic E-state index is 11.9. The van der Waals surface area contributed by atoms with Crippen LogP contribution in [0, 0.1) is 11.3 Å². The summed E-state index contributed by atoms with van der Waals surface area (Å²) in [6.45, 7) is 6.57. The van der Waals surface area contributed by atoms with Crippen LogP contribution in [-0.2, 0) is 4.79 Å². The zero-order chi connectivity index (χ0) is 12.5. The lowest BCUT2D eigenvalue weighted by Crippen LogP contribution is -2.23. The van der Waals surface area contributed by atoms with E-state index in [1.807, 2.05) is 18.2 Å². The summed E-state index contributed by atoms with van der Waals surface area (Å²) in [5.74, 6) is 0.383. The Labute approximate surface area is 103 Å². The van der Waals surface area contributed by atoms with Gasteiger partial charge >= 0.3 is 0 Å². The number of amides is 1. The summed E-state index contributed by atoms with van der Waals surface area (Å²) < 4.78 is 0. The molecule has 1 aliphatic rings. The molecule has 1 aromatic carbocycles. The molecule has 0 aliphatic carbocycles. The van der Waals surface area contributed by atoms with Crippen molar-refractivity contribution in [2.75, 3.05) is 0 Å². The number of hydrogen-bond donors (Lipinski definition) is 1. The van der Waals surface area contributed by atoms with Gasteiger partial charge in [-0.15, -0.1) is 0 Å². The van der Waals surface area contributed by atoms with Crippen molar-refractivity contribution in [3.05, 3.63) is 35.9 Å². The fourth-order valence-corrected chi connectivity index (χ4v) is 2.56. The molecule has 0 unspecified atom stereocenters. The van der Waals surface area contributed by atoms with Gasteiger partial charge in [0.25, 0.3) is 0 Å². The number of hydrogen-bond acceptors (Lipinski definition) is 1. The van der Waals surface area contributed by atoms with Crippen LogP contribution in [0.4, 0.5) is 0 Å². The minimum absolute atomic E-state index is 0.167. The first-order valence-corrected chi connectivity index (χ1v) is 6.31. The van der Waals surface area contributed by atoms with E-state index in [4.69, 9.17) is 0 Å². The normalized spacial score (nSPS) is 24.8. The van der Waals surface area contributed by atoms with Crippen LogP contribution in [0.5, 0.6) is 0 Å². The van der Waals surface area contributed by atoms with E-state index in [1.165, 1.54) is 5.56 Å². The Morgan fingerprint density at radius 2 is 1.88 bits per heavy atom. The van der Waals surface area contributed by atoms with Gasteiger partial charge in [0.05, 0.1) is 6.04 Å². The minimum atomic E-state index is 0.167. The number of carbonyl (C=O) groups excluding carboxylic acids is 1. The van der Waals surface area contributed by atoms with Gasteiger partial charge in [0.1, 0.15) is 0 Å². The predicted molar refractivity (Wildman–Crippen MR) is 69.5 cm³/mol. The molecule has 1 heterocycles. The first kappa shape index (κ1) is 12.2. The van der Waals surface area contributed by atoms with Gasteiger partial charge in [-0.05, 0) is 23.8 Å². The molecule has 0 bridgehead atoms. The second-order valence-corrected chi connectivity index (χ2v) is 6.17. The Morgan fingerprint density at radius 1 is 1.24 bits per heavy atom. The van der Waals surface area contributed by atoms with E-state index in [0.29, 0.717) is 0 Å². The highest BCUT2D eigenvalue weighted by molar-refractivity contribution is 5.81. The van der Waals surface area contributed by atoms with Gasteiger partial charge < -0.3 is 5.32 Å². The second kappa shape index (κ2) is 4.52. The van der Waals surface area contributed by atoms with Crippen molar-refractivity contribution >= 4 is 5.91 Å². The molecule has 1 aromatic rings. The molecular formula is C15H21NO. The molecule has 17 heavy (non-hydrogen) atoms. The van der Waals surface area contributed by atoms with Crippen molar-refractivity contribution < 1.29 is 4.79 Å². The topological polar surface area (TPSA) is 29.1 Å². The van der Waals surface area contributed by atoms with Crippen LogP contribution in [0.2, 0.25) is 0 Å². The zero-order valence-electron chi connectivity index (χ0n) is 10.9. The molecule has 1 fully saturated rings. The molecule has 0 spiro atoms. The number of carbonyl (C=O) groups is 1. The van der Waals surface area contributed by atoms with Crippen molar-refractivity contribution in [1.29, 1.82) is 0 Å². The van der Waals surface area contributed by atoms with Crippen molar-refractivity contribution in [1.82, 2.24) is 5.32 Å². The van der Waals surface area contributed by atoms with Crippen LogP contribution in [0.25, 0.3) is 0 Å². The van der Waals surface area contributed by atoms with Gasteiger partial charge in [-0.3, -0.25) is 4.79 Å². The smallest absolute Gasteiger partial charge is 0.223 e. The van der Waals surface area contributed by atoms with Crippen LogP contribution in [0.15, 0.2) is 30.3 Å². The average molecular weight is 231 g/mol. The van der Waals surface area contributed by atoms with Crippen molar-refractivity contribution in [3.63, 3.8) is 0 Å². The molecule has 1 N–H and O–H groups in total. The molecule has 2 heteroatoms. The summed E-state index contributed by atoms with van der Waals surface area (Å²) in [6.07, 6.45) is 1.89. The van der Waals surface area contributed by atoms with E-state index in [1.54, 1.807) is 0 Å². The van der Waals surface area contributed by atoms with Crippen LogP contribution < -0.4 is 5.32 Å². The molecule has 2 rings (SSSR count). The molecule has 1 saturated heterocycles. The first-order valence-electron chi connectivity index (χ1n) is 6.31. The van der Waals surface area contributed by atoms with Crippen LogP contribution >= 0.6 is 0 Å². The highest BCUT2D eigenvalue weighted by Gasteiger charge is 2.34. The monoisotopic (exact) mass is 231 g/mol. The summed E-state index contributed by atoms with van der Waals surface area (Å²) in [5.41, 5.74) is 1.44. The quantitative estimate of drug-likeness (QED) is 0.831. The minimum Gasteiger partial charge on any atom is -0.349 e. The van der Waals surface area contributed by atoms with Gasteiger partial charge in [0.2, 0.25) is 5.91 Å². The summed E-state index contributed by atoms with van der Waals surface area (Å²) in [4.78, 5) is 11.9. The van der Waals surface area contributed by atoms with Gasteiger partial charge in [-0.2, -0.15) is 0 Å². The van der Waals surface area contributed by atoms with E-state index in [0.717, 1.165) is 12.8 Å². The van der Waals surface area contributed by atoms with E-state index in [9.17, 15) is 4.79 Å². The standard InChI is InChI=1S/C15H21NO/c1-15(2,3)10-12-9-13(16-14(12)17)11-7-5-4-6-8-11/h4-8,12-13H,9-10H2,1-3H3,(H,16,17)/t12-,13+/m1/s1. The Bertz CT molecular complexity index is 391. The molecular weight excluding hydrogens is 210 g/mol. The second-order valence-electron chi connectivity index (χ2n) is 6.17. The highest BCUT2D eigenvalue weighted by atomic mass is 16.2. The van der Waals surface area contributed by atoms with Crippen LogP contribution in [0.1, 0.15) is 45.2 Å². The Kier molecular flexibility index (Phi) is 3.23. The fraction of sp³-hybridized carbons (Fsp3) is 0.533. The third kappa shape index (κ3) is 3.09. The Morgan fingerprint density at radius 3 is 2.47 bits per heavy atom. The third-order valence-electron chi connectivity index (χ3n) is 3.27. The molecule has 2 nitrogen and oxygen atoms in total. The lowest BCUT2D eigenvalue weighted by atomic mass is 9.83. The summed E-state index contributed by atoms with van der Waals surface area (Å²) in [6, 6.07) is 10.4. The zero-order valence-corrected chi connectivity index (χ0v) is 10.9. The fourth-order valence-electron chi connectivity index (χ4n) is 2.56. The van der Waals surface area contributed by atoms with Crippen LogP contribution in [-0.4, -0.2) is 5.91 Å². The number of benzene rings is 1. The SMILES string of the molecule is CC(C)(C)C[C@H]1C[C@@H](c2ccccc2)NC1=O. The molecule has 0 aromatic heterocycles. The lowest BCUT2D eigenvalue weighted by molar-refractivity contribution is -0.123. The predicted octanol–water partition coefficient (Wildman–Crippen LogP) is 3.30. The van der Waals surface area contributed by atoms with Gasteiger partial charge in [0, 0.05) is 5.92 Å². The van der Waals surface area contributed by atoms with Gasteiger partial charge in [0.15, 0.2) is 0 Å². The lowest BCUT2D eigenvalue weighted by Gasteiger charge is -2.21. The third-order valence-corrected chi connectivity index (χ3v) is 3.27. The van der Waals surface area contributed by atoms with Crippen molar-refractivity contribution in [2.45, 2.75) is 39.7 Å². The molecule has 0 saturated carbocycles. The average Bonchev–Trinajstić information content (AvgIpc) is 2.59. The Hall–Kier alpha value is -1.31. The van der Waals surface area contributed by atoms with Gasteiger partial charge in [-0.1, -0.05) is 51.1 Å². The largest absolute Gasteiger partial charge is 0.349 e. The van der Waals surface area contributed by atoms with Crippen molar-refractivity contribution in [3.8, 4) is 0 Å². The number of rotatable bonds is 2. The van der Waals surface area contributed by atoms with E-state index in [2.05, 4.69) is 38.2 Å². The first-order chi connectivity index (χ1) is 7.96.